The third-order valence-electron chi connectivity index (χ3n) is 4.45. The van der Waals surface area contributed by atoms with Crippen LogP contribution in [-0.4, -0.2) is 23.3 Å². The van der Waals surface area contributed by atoms with Crippen LogP contribution in [0.1, 0.15) is 33.6 Å². The normalized spacial score (nSPS) is 16.8. The smallest absolute Gasteiger partial charge is 0.264 e. The fraction of sp³-hybridized carbons (Fsp3) is 0.333. The van der Waals surface area contributed by atoms with Crippen molar-refractivity contribution in [1.82, 2.24) is 4.90 Å². The summed E-state index contributed by atoms with van der Waals surface area (Å²) in [5, 5.41) is 4.91. The Morgan fingerprint density at radius 3 is 2.78 bits per heavy atom. The van der Waals surface area contributed by atoms with Crippen LogP contribution >= 0.6 is 11.3 Å². The zero-order valence-electron chi connectivity index (χ0n) is 12.7. The van der Waals surface area contributed by atoms with Crippen molar-refractivity contribution < 1.29 is 9.59 Å². The van der Waals surface area contributed by atoms with E-state index < -0.39 is 0 Å². The van der Waals surface area contributed by atoms with E-state index in [1.807, 2.05) is 34.5 Å². The zero-order valence-corrected chi connectivity index (χ0v) is 13.6. The van der Waals surface area contributed by atoms with Gasteiger partial charge in [-0.1, -0.05) is 12.1 Å². The number of amides is 2. The Balaban J connectivity index is 1.51. The van der Waals surface area contributed by atoms with Gasteiger partial charge in [0.1, 0.15) is 0 Å². The van der Waals surface area contributed by atoms with E-state index in [9.17, 15) is 9.59 Å². The average Bonchev–Trinajstić information content (AvgIpc) is 3.28. The van der Waals surface area contributed by atoms with Crippen molar-refractivity contribution >= 4 is 28.8 Å². The number of nitrogens with one attached hydrogen (secondary N) is 1. The number of hydrogen-bond donors (Lipinski definition) is 1. The van der Waals surface area contributed by atoms with E-state index in [-0.39, 0.29) is 17.7 Å². The highest BCUT2D eigenvalue weighted by molar-refractivity contribution is 7.12. The van der Waals surface area contributed by atoms with Crippen LogP contribution in [0.2, 0.25) is 0 Å². The molecule has 0 unspecified atom stereocenters. The minimum atomic E-state index is 0.0954. The van der Waals surface area contributed by atoms with Gasteiger partial charge in [-0.25, -0.2) is 0 Å². The van der Waals surface area contributed by atoms with Gasteiger partial charge in [0.2, 0.25) is 5.91 Å². The van der Waals surface area contributed by atoms with E-state index in [0.29, 0.717) is 6.54 Å². The predicted molar refractivity (Wildman–Crippen MR) is 90.6 cm³/mol. The second-order valence-electron chi connectivity index (χ2n) is 6.20. The molecule has 1 saturated carbocycles. The largest absolute Gasteiger partial charge is 0.333 e. The number of fused-ring (bicyclic) bond motifs is 1. The summed E-state index contributed by atoms with van der Waals surface area (Å²) < 4.78 is 0. The van der Waals surface area contributed by atoms with Crippen LogP contribution in [0.5, 0.6) is 0 Å². The Kier molecular flexibility index (Phi) is 3.65. The number of anilines is 1. The average molecular weight is 326 g/mol. The molecule has 0 bridgehead atoms. The minimum Gasteiger partial charge on any atom is -0.333 e. The molecule has 0 radical (unpaired) electrons. The first-order valence-corrected chi connectivity index (χ1v) is 8.84. The summed E-state index contributed by atoms with van der Waals surface area (Å²) in [4.78, 5) is 27.1. The summed E-state index contributed by atoms with van der Waals surface area (Å²) in [6, 6.07) is 9.83. The Bertz CT molecular complexity index is 750. The molecule has 2 aliphatic rings. The molecule has 4 nitrogen and oxygen atoms in total. The Labute approximate surface area is 139 Å². The van der Waals surface area contributed by atoms with Crippen LogP contribution in [0.3, 0.4) is 0 Å². The topological polar surface area (TPSA) is 49.4 Å². The first-order chi connectivity index (χ1) is 11.2. The van der Waals surface area contributed by atoms with Crippen LogP contribution in [0.25, 0.3) is 0 Å². The van der Waals surface area contributed by atoms with Gasteiger partial charge < -0.3 is 10.2 Å². The lowest BCUT2D eigenvalue weighted by Gasteiger charge is -2.29. The Morgan fingerprint density at radius 1 is 1.17 bits per heavy atom. The van der Waals surface area contributed by atoms with Crippen LogP contribution in [0.4, 0.5) is 5.69 Å². The molecule has 1 N–H and O–H groups in total. The molecule has 1 aliphatic heterocycles. The lowest BCUT2D eigenvalue weighted by molar-refractivity contribution is -0.117. The molecule has 2 aromatic rings. The number of carbonyl (C=O) groups is 2. The maximum absolute atomic E-state index is 12.5. The molecule has 23 heavy (non-hydrogen) atoms. The van der Waals surface area contributed by atoms with Crippen molar-refractivity contribution in [3.63, 3.8) is 0 Å². The summed E-state index contributed by atoms with van der Waals surface area (Å²) in [5.41, 5.74) is 3.24. The molecule has 1 fully saturated rings. The standard InChI is InChI=1S/C18H18N2O2S/c21-17(13-3-4-13)19-15-6-5-12-7-8-20(11-14(12)10-15)18(22)16-2-1-9-23-16/h1-2,5-6,9-10,13H,3-4,7-8,11H2,(H,19,21). The fourth-order valence-electron chi connectivity index (χ4n) is 2.95. The Hall–Kier alpha value is -2.14. The SMILES string of the molecule is O=C(Nc1ccc2c(c1)CN(C(=O)c1cccs1)CC2)C1CC1. The van der Waals surface area contributed by atoms with Crippen LogP contribution < -0.4 is 5.32 Å². The maximum Gasteiger partial charge on any atom is 0.264 e. The van der Waals surface area contributed by atoms with Gasteiger partial charge in [-0.2, -0.15) is 0 Å². The van der Waals surface area contributed by atoms with Gasteiger partial charge in [0.15, 0.2) is 0 Å². The molecule has 1 aromatic carbocycles. The van der Waals surface area contributed by atoms with Crippen LogP contribution in [-0.2, 0) is 17.8 Å². The lowest BCUT2D eigenvalue weighted by atomic mass is 9.99. The number of carbonyl (C=O) groups excluding carboxylic acids is 2. The predicted octanol–water partition coefficient (Wildman–Crippen LogP) is 3.30. The minimum absolute atomic E-state index is 0.0954. The van der Waals surface area contributed by atoms with E-state index in [0.717, 1.165) is 41.9 Å². The zero-order chi connectivity index (χ0) is 15.8. The lowest BCUT2D eigenvalue weighted by Crippen LogP contribution is -2.35. The molecule has 1 aromatic heterocycles. The van der Waals surface area contributed by atoms with Crippen molar-refractivity contribution in [3.05, 3.63) is 51.7 Å². The molecule has 118 valence electrons. The van der Waals surface area contributed by atoms with Gasteiger partial charge in [0, 0.05) is 24.7 Å². The van der Waals surface area contributed by atoms with Gasteiger partial charge in [-0.3, -0.25) is 9.59 Å². The van der Waals surface area contributed by atoms with Crippen molar-refractivity contribution in [1.29, 1.82) is 0 Å². The van der Waals surface area contributed by atoms with Crippen molar-refractivity contribution in [3.8, 4) is 0 Å². The molecule has 0 atom stereocenters. The van der Waals surface area contributed by atoms with E-state index in [1.54, 1.807) is 0 Å². The highest BCUT2D eigenvalue weighted by Crippen LogP contribution is 2.31. The summed E-state index contributed by atoms with van der Waals surface area (Å²) in [6.45, 7) is 1.36. The molecule has 2 amide bonds. The van der Waals surface area contributed by atoms with Crippen LogP contribution in [0, 0.1) is 5.92 Å². The second-order valence-corrected chi connectivity index (χ2v) is 7.15. The molecular formula is C18H18N2O2S. The summed E-state index contributed by atoms with van der Waals surface area (Å²) in [7, 11) is 0. The number of hydrogen-bond acceptors (Lipinski definition) is 3. The van der Waals surface area contributed by atoms with E-state index in [4.69, 9.17) is 0 Å². The summed E-state index contributed by atoms with van der Waals surface area (Å²) >= 11 is 1.48. The monoisotopic (exact) mass is 326 g/mol. The molecule has 1 aliphatic carbocycles. The molecule has 5 heteroatoms. The highest BCUT2D eigenvalue weighted by Gasteiger charge is 2.30. The van der Waals surface area contributed by atoms with E-state index in [1.165, 1.54) is 16.9 Å². The number of thiophene rings is 1. The number of nitrogens with zero attached hydrogens (tertiary/aromatic N) is 1. The quantitative estimate of drug-likeness (QED) is 0.941. The van der Waals surface area contributed by atoms with Gasteiger partial charge in [0.25, 0.3) is 5.91 Å². The van der Waals surface area contributed by atoms with Gasteiger partial charge >= 0.3 is 0 Å². The molecule has 0 spiro atoms. The molecule has 0 saturated heterocycles. The third-order valence-corrected chi connectivity index (χ3v) is 5.31. The maximum atomic E-state index is 12.5. The van der Waals surface area contributed by atoms with Gasteiger partial charge in [0.05, 0.1) is 4.88 Å². The first-order valence-electron chi connectivity index (χ1n) is 7.96. The van der Waals surface area contributed by atoms with E-state index in [2.05, 4.69) is 11.4 Å². The molecule has 4 rings (SSSR count). The van der Waals surface area contributed by atoms with Crippen molar-refractivity contribution in [2.75, 3.05) is 11.9 Å². The third kappa shape index (κ3) is 3.01. The highest BCUT2D eigenvalue weighted by atomic mass is 32.1. The fourth-order valence-corrected chi connectivity index (χ4v) is 3.64. The second kappa shape index (κ2) is 5.81. The molecule has 2 heterocycles. The van der Waals surface area contributed by atoms with Crippen molar-refractivity contribution in [2.45, 2.75) is 25.8 Å². The summed E-state index contributed by atoms with van der Waals surface area (Å²) in [5.74, 6) is 0.410. The number of rotatable bonds is 3. The van der Waals surface area contributed by atoms with Crippen molar-refractivity contribution in [2.24, 2.45) is 5.92 Å². The first kappa shape index (κ1) is 14.5. The van der Waals surface area contributed by atoms with Gasteiger partial charge in [-0.15, -0.1) is 11.3 Å². The van der Waals surface area contributed by atoms with Crippen LogP contribution in [0.15, 0.2) is 35.7 Å². The number of benzene rings is 1. The summed E-state index contributed by atoms with van der Waals surface area (Å²) in [6.07, 6.45) is 2.86. The van der Waals surface area contributed by atoms with E-state index >= 15 is 0 Å². The van der Waals surface area contributed by atoms with Gasteiger partial charge in [-0.05, 0) is 54.0 Å². The molecular weight excluding hydrogens is 308 g/mol. The Morgan fingerprint density at radius 2 is 2.04 bits per heavy atom.